The first-order chi connectivity index (χ1) is 15.9. The van der Waals surface area contributed by atoms with Gasteiger partial charge in [0.15, 0.2) is 0 Å². The topological polar surface area (TPSA) is 88.1 Å². The van der Waals surface area contributed by atoms with Gasteiger partial charge in [-0.1, -0.05) is 55.7 Å². The summed E-state index contributed by atoms with van der Waals surface area (Å²) in [6.07, 6.45) is 10.7. The lowest BCUT2D eigenvalue weighted by Gasteiger charge is -2.17. The molecule has 2 rings (SSSR count). The second kappa shape index (κ2) is 13.6. The monoisotopic (exact) mass is 452 g/mol. The Morgan fingerprint density at radius 2 is 1.67 bits per heavy atom. The highest BCUT2D eigenvalue weighted by atomic mass is 16.6. The fraction of sp³-hybridized carbons (Fsp3) is 0.269. The van der Waals surface area contributed by atoms with E-state index in [0.29, 0.717) is 12.2 Å². The molecule has 0 N–H and O–H groups in total. The maximum Gasteiger partial charge on any atom is 0.333 e. The first-order valence-electron chi connectivity index (χ1n) is 10.5. The molecule has 0 saturated heterocycles. The smallest absolute Gasteiger partial charge is 0.333 e. The van der Waals surface area contributed by atoms with Gasteiger partial charge < -0.3 is 18.9 Å². The van der Waals surface area contributed by atoms with Crippen molar-refractivity contribution in [1.29, 1.82) is 0 Å². The van der Waals surface area contributed by atoms with Crippen molar-refractivity contribution in [2.45, 2.75) is 19.4 Å². The molecule has 1 aromatic rings. The Kier molecular flexibility index (Phi) is 10.6. The lowest BCUT2D eigenvalue weighted by molar-refractivity contribution is -0.145. The summed E-state index contributed by atoms with van der Waals surface area (Å²) in [6.45, 7) is 8.88. The number of carbonyl (C=O) groups is 3. The summed E-state index contributed by atoms with van der Waals surface area (Å²) in [5.41, 5.74) is 3.33. The second-order valence-corrected chi connectivity index (χ2v) is 7.07. The first kappa shape index (κ1) is 25.5. The van der Waals surface area contributed by atoms with Gasteiger partial charge in [0.25, 0.3) is 0 Å². The average Bonchev–Trinajstić information content (AvgIpc) is 2.83. The minimum atomic E-state index is -0.561. The molecule has 174 valence electrons. The van der Waals surface area contributed by atoms with Crippen molar-refractivity contribution in [2.75, 3.05) is 26.4 Å². The Bertz CT molecular complexity index is 951. The van der Waals surface area contributed by atoms with Crippen molar-refractivity contribution in [3.63, 3.8) is 0 Å². The molecule has 7 heteroatoms. The number of rotatable bonds is 12. The van der Waals surface area contributed by atoms with Crippen molar-refractivity contribution < 1.29 is 33.3 Å². The predicted molar refractivity (Wildman–Crippen MR) is 125 cm³/mol. The highest BCUT2D eigenvalue weighted by molar-refractivity contribution is 5.87. The van der Waals surface area contributed by atoms with Crippen LogP contribution in [-0.2, 0) is 33.3 Å². The molecule has 1 aromatic carbocycles. The lowest BCUT2D eigenvalue weighted by Crippen LogP contribution is -2.17. The number of esters is 3. The number of carbonyl (C=O) groups excluding carboxylic acids is 3. The quantitative estimate of drug-likeness (QED) is 0.206. The fourth-order valence-corrected chi connectivity index (χ4v) is 2.74. The van der Waals surface area contributed by atoms with Gasteiger partial charge in [0, 0.05) is 17.7 Å². The van der Waals surface area contributed by atoms with Crippen LogP contribution in [0.15, 0.2) is 73.4 Å². The maximum atomic E-state index is 11.7. The standard InChI is InChI=1S/C26H28O7/c1-4-24(27)31-16-17-32-25(28)14-7-20-5-8-21(9-6-20)22-10-12-23(13-11-22)30-15-18-33-26(29)19(2)3/h4-12,14,23H,1-2,13,15-18H2,3H3/b14-7+. The Morgan fingerprint density at radius 1 is 1.00 bits per heavy atom. The summed E-state index contributed by atoms with van der Waals surface area (Å²) in [7, 11) is 0. The van der Waals surface area contributed by atoms with Crippen LogP contribution in [0.2, 0.25) is 0 Å². The number of ether oxygens (including phenoxy) is 4. The van der Waals surface area contributed by atoms with Gasteiger partial charge in [0.1, 0.15) is 19.8 Å². The van der Waals surface area contributed by atoms with E-state index in [1.165, 1.54) is 6.08 Å². The van der Waals surface area contributed by atoms with E-state index in [1.54, 1.807) is 13.0 Å². The molecule has 0 fully saturated rings. The van der Waals surface area contributed by atoms with Gasteiger partial charge in [0.2, 0.25) is 0 Å². The Morgan fingerprint density at radius 3 is 2.27 bits per heavy atom. The van der Waals surface area contributed by atoms with E-state index < -0.39 is 17.9 Å². The molecule has 0 saturated carbocycles. The van der Waals surface area contributed by atoms with E-state index in [1.807, 2.05) is 36.4 Å². The van der Waals surface area contributed by atoms with Crippen molar-refractivity contribution in [2.24, 2.45) is 0 Å². The summed E-state index contributed by atoms with van der Waals surface area (Å²) >= 11 is 0. The minimum absolute atomic E-state index is 0.0177. The predicted octanol–water partition coefficient (Wildman–Crippen LogP) is 3.82. The molecule has 0 aromatic heterocycles. The number of hydrogen-bond donors (Lipinski definition) is 0. The summed E-state index contributed by atoms with van der Waals surface area (Å²) in [5, 5.41) is 0. The van der Waals surface area contributed by atoms with Crippen molar-refractivity contribution >= 4 is 29.6 Å². The molecule has 1 aliphatic rings. The Hall–Kier alpha value is -3.71. The van der Waals surface area contributed by atoms with Crippen LogP contribution < -0.4 is 0 Å². The zero-order chi connectivity index (χ0) is 24.1. The normalized spacial score (nSPS) is 14.9. The Balaban J connectivity index is 1.73. The minimum Gasteiger partial charge on any atom is -0.460 e. The van der Waals surface area contributed by atoms with Crippen molar-refractivity contribution in [1.82, 2.24) is 0 Å². The van der Waals surface area contributed by atoms with Crippen molar-refractivity contribution in [3.8, 4) is 0 Å². The molecule has 0 bridgehead atoms. The van der Waals surface area contributed by atoms with E-state index in [-0.39, 0.29) is 25.9 Å². The number of allylic oxidation sites excluding steroid dienone is 2. The van der Waals surface area contributed by atoms with Crippen LogP contribution in [0, 0.1) is 0 Å². The molecule has 0 aliphatic heterocycles. The Labute approximate surface area is 193 Å². The molecule has 1 unspecified atom stereocenters. The third kappa shape index (κ3) is 9.53. The second-order valence-electron chi connectivity index (χ2n) is 7.07. The fourth-order valence-electron chi connectivity index (χ4n) is 2.74. The highest BCUT2D eigenvalue weighted by Gasteiger charge is 2.11. The number of hydrogen-bond acceptors (Lipinski definition) is 7. The van der Waals surface area contributed by atoms with Gasteiger partial charge in [0.05, 0.1) is 12.7 Å². The maximum absolute atomic E-state index is 11.7. The van der Waals surface area contributed by atoms with Crippen LogP contribution in [0.4, 0.5) is 0 Å². The van der Waals surface area contributed by atoms with Gasteiger partial charge in [-0.3, -0.25) is 0 Å². The zero-order valence-electron chi connectivity index (χ0n) is 18.7. The van der Waals surface area contributed by atoms with Crippen molar-refractivity contribution in [3.05, 3.63) is 84.5 Å². The molecule has 0 radical (unpaired) electrons. The average molecular weight is 453 g/mol. The lowest BCUT2D eigenvalue weighted by atomic mass is 9.97. The summed E-state index contributed by atoms with van der Waals surface area (Å²) in [4.78, 5) is 33.9. The van der Waals surface area contributed by atoms with Crippen LogP contribution in [0.5, 0.6) is 0 Å². The third-order valence-electron chi connectivity index (χ3n) is 4.45. The van der Waals surface area contributed by atoms with E-state index in [4.69, 9.17) is 18.9 Å². The molecule has 7 nitrogen and oxygen atoms in total. The van der Waals surface area contributed by atoms with Crippen LogP contribution in [-0.4, -0.2) is 50.4 Å². The SMILES string of the molecule is C=CC(=O)OCCOC(=O)/C=C/c1ccc(C2=CCC(OCCOC(=O)C(=C)C)C=C2)cc1. The van der Waals surface area contributed by atoms with Gasteiger partial charge in [-0.25, -0.2) is 14.4 Å². The molecule has 1 aliphatic carbocycles. The molecular weight excluding hydrogens is 424 g/mol. The highest BCUT2D eigenvalue weighted by Crippen LogP contribution is 2.23. The largest absolute Gasteiger partial charge is 0.460 e. The number of benzene rings is 1. The third-order valence-corrected chi connectivity index (χ3v) is 4.45. The molecule has 33 heavy (non-hydrogen) atoms. The van der Waals surface area contributed by atoms with E-state index in [0.717, 1.165) is 29.2 Å². The molecular formula is C26H28O7. The molecule has 0 amide bonds. The van der Waals surface area contributed by atoms with Crippen LogP contribution in [0.25, 0.3) is 11.6 Å². The molecule has 0 spiro atoms. The van der Waals surface area contributed by atoms with E-state index >= 15 is 0 Å². The molecule has 1 atom stereocenters. The van der Waals surface area contributed by atoms with E-state index in [9.17, 15) is 14.4 Å². The zero-order valence-corrected chi connectivity index (χ0v) is 18.7. The summed E-state index contributed by atoms with van der Waals surface area (Å²) < 4.78 is 20.4. The van der Waals surface area contributed by atoms with Crippen LogP contribution >= 0.6 is 0 Å². The van der Waals surface area contributed by atoms with E-state index in [2.05, 4.69) is 19.2 Å². The molecule has 0 heterocycles. The first-order valence-corrected chi connectivity index (χ1v) is 10.5. The van der Waals surface area contributed by atoms with Gasteiger partial charge in [-0.15, -0.1) is 0 Å². The van der Waals surface area contributed by atoms with Gasteiger partial charge >= 0.3 is 17.9 Å². The van der Waals surface area contributed by atoms with Crippen LogP contribution in [0.1, 0.15) is 24.5 Å². The summed E-state index contributed by atoms with van der Waals surface area (Å²) in [6, 6.07) is 7.73. The van der Waals surface area contributed by atoms with Gasteiger partial charge in [-0.2, -0.15) is 0 Å². The van der Waals surface area contributed by atoms with Gasteiger partial charge in [-0.05, 0) is 36.1 Å². The van der Waals surface area contributed by atoms with Crippen LogP contribution in [0.3, 0.4) is 0 Å². The summed E-state index contributed by atoms with van der Waals surface area (Å²) in [5.74, 6) is -1.50.